The van der Waals surface area contributed by atoms with E-state index in [1.165, 1.54) is 11.3 Å². The Labute approximate surface area is 189 Å². The number of nitrogens with one attached hydrogen (secondary N) is 2. The summed E-state index contributed by atoms with van der Waals surface area (Å²) in [5.74, 6) is -1.16. The third kappa shape index (κ3) is 5.39. The number of esters is 1. The number of hydrogen-bond acceptors (Lipinski definition) is 6. The lowest BCUT2D eigenvalue weighted by Gasteiger charge is -2.09. The van der Waals surface area contributed by atoms with E-state index in [1.54, 1.807) is 13.8 Å². The quantitative estimate of drug-likeness (QED) is 0.470. The Hall–Kier alpha value is -2.97. The van der Waals surface area contributed by atoms with Gasteiger partial charge in [0.2, 0.25) is 5.91 Å². The molecular weight excluding hydrogens is 432 g/mol. The molecule has 3 rings (SSSR count). The van der Waals surface area contributed by atoms with Crippen LogP contribution < -0.4 is 10.6 Å². The molecule has 0 aliphatic heterocycles. The second-order valence-corrected chi connectivity index (χ2v) is 8.91. The molecule has 0 radical (unpaired) electrons. The second kappa shape index (κ2) is 9.89. The molecule has 0 fully saturated rings. The summed E-state index contributed by atoms with van der Waals surface area (Å²) in [6, 6.07) is 7.63. The van der Waals surface area contributed by atoms with Crippen molar-refractivity contribution in [3.05, 3.63) is 67.7 Å². The third-order valence-corrected chi connectivity index (χ3v) is 6.60. The minimum Gasteiger partial charge on any atom is -0.462 e. The van der Waals surface area contributed by atoms with E-state index in [1.807, 2.05) is 48.9 Å². The lowest BCUT2D eigenvalue weighted by Crippen LogP contribution is -2.16. The minimum atomic E-state index is -0.562. The van der Waals surface area contributed by atoms with E-state index in [2.05, 4.69) is 10.6 Å². The molecule has 6 nitrogen and oxygen atoms in total. The van der Waals surface area contributed by atoms with Crippen molar-refractivity contribution in [2.75, 3.05) is 17.2 Å². The number of carbonyl (C=O) groups excluding carboxylic acids is 3. The molecule has 0 bridgehead atoms. The molecule has 3 aromatic rings. The van der Waals surface area contributed by atoms with Crippen LogP contribution in [0, 0.1) is 20.8 Å². The van der Waals surface area contributed by atoms with E-state index in [-0.39, 0.29) is 30.4 Å². The van der Waals surface area contributed by atoms with Crippen molar-refractivity contribution in [1.29, 1.82) is 0 Å². The van der Waals surface area contributed by atoms with Gasteiger partial charge in [-0.3, -0.25) is 9.59 Å². The molecule has 0 saturated heterocycles. The van der Waals surface area contributed by atoms with Crippen molar-refractivity contribution in [2.45, 2.75) is 34.1 Å². The van der Waals surface area contributed by atoms with Crippen molar-refractivity contribution in [1.82, 2.24) is 0 Å². The van der Waals surface area contributed by atoms with Crippen LogP contribution in [0.5, 0.6) is 0 Å². The molecule has 2 N–H and O–H groups in total. The zero-order valence-corrected chi connectivity index (χ0v) is 19.5. The van der Waals surface area contributed by atoms with Crippen LogP contribution in [0.15, 0.2) is 35.0 Å². The molecule has 0 aliphatic carbocycles. The molecule has 1 aromatic carbocycles. The number of rotatable bonds is 7. The van der Waals surface area contributed by atoms with Crippen molar-refractivity contribution in [3.63, 3.8) is 0 Å². The van der Waals surface area contributed by atoms with Crippen molar-refractivity contribution < 1.29 is 19.1 Å². The van der Waals surface area contributed by atoms with Crippen LogP contribution >= 0.6 is 22.7 Å². The molecule has 2 amide bonds. The molecule has 8 heteroatoms. The molecule has 0 aliphatic rings. The zero-order chi connectivity index (χ0) is 22.5. The molecule has 2 aromatic heterocycles. The van der Waals surface area contributed by atoms with Crippen LogP contribution in [0.2, 0.25) is 0 Å². The zero-order valence-electron chi connectivity index (χ0n) is 17.8. The predicted molar refractivity (Wildman–Crippen MR) is 126 cm³/mol. The maximum atomic E-state index is 13.0. The Morgan fingerprint density at radius 3 is 2.48 bits per heavy atom. The number of hydrogen-bond donors (Lipinski definition) is 2. The molecular formula is C23H24N2O4S2. The van der Waals surface area contributed by atoms with Crippen LogP contribution in [-0.4, -0.2) is 24.4 Å². The maximum Gasteiger partial charge on any atom is 0.341 e. The predicted octanol–water partition coefficient (Wildman–Crippen LogP) is 5.35. The van der Waals surface area contributed by atoms with Crippen molar-refractivity contribution in [2.24, 2.45) is 0 Å². The summed E-state index contributed by atoms with van der Waals surface area (Å²) in [6.45, 7) is 7.50. The number of anilines is 2. The maximum absolute atomic E-state index is 13.0. The lowest BCUT2D eigenvalue weighted by molar-refractivity contribution is -0.115. The fourth-order valence-electron chi connectivity index (χ4n) is 3.15. The number of ether oxygens (including phenoxy) is 1. The SMILES string of the molecule is CCOC(=O)c1c(NC(=O)Cc2ccsc2)sc(C(=O)Nc2ccc(C)cc2C)c1C. The summed E-state index contributed by atoms with van der Waals surface area (Å²) in [7, 11) is 0. The highest BCUT2D eigenvalue weighted by Crippen LogP contribution is 2.34. The average molecular weight is 457 g/mol. The first kappa shape index (κ1) is 22.7. The van der Waals surface area contributed by atoms with Crippen LogP contribution in [0.3, 0.4) is 0 Å². The summed E-state index contributed by atoms with van der Waals surface area (Å²) in [6.07, 6.45) is 0.187. The largest absolute Gasteiger partial charge is 0.462 e. The van der Waals surface area contributed by atoms with E-state index in [9.17, 15) is 14.4 Å². The number of aryl methyl sites for hydroxylation is 2. The first-order valence-electron chi connectivity index (χ1n) is 9.80. The van der Waals surface area contributed by atoms with Gasteiger partial charge in [-0.1, -0.05) is 17.7 Å². The van der Waals surface area contributed by atoms with Gasteiger partial charge in [0.25, 0.3) is 5.91 Å². The first-order chi connectivity index (χ1) is 14.8. The first-order valence-corrected chi connectivity index (χ1v) is 11.6. The summed E-state index contributed by atoms with van der Waals surface area (Å²) in [4.78, 5) is 38.4. The molecule has 0 atom stereocenters. The molecule has 2 heterocycles. The number of amides is 2. The molecule has 0 unspecified atom stereocenters. The fraction of sp³-hybridized carbons (Fsp3) is 0.261. The van der Waals surface area contributed by atoms with E-state index < -0.39 is 5.97 Å². The van der Waals surface area contributed by atoms with Crippen LogP contribution in [-0.2, 0) is 16.0 Å². The summed E-state index contributed by atoms with van der Waals surface area (Å²) in [5, 5.41) is 9.81. The molecule has 162 valence electrons. The van der Waals surface area contributed by atoms with Gasteiger partial charge in [0.05, 0.1) is 23.5 Å². The number of benzene rings is 1. The Morgan fingerprint density at radius 1 is 1.06 bits per heavy atom. The Kier molecular flexibility index (Phi) is 7.25. The minimum absolute atomic E-state index is 0.187. The topological polar surface area (TPSA) is 84.5 Å². The van der Waals surface area contributed by atoms with E-state index >= 15 is 0 Å². The Morgan fingerprint density at radius 2 is 1.84 bits per heavy atom. The van der Waals surface area contributed by atoms with Gasteiger partial charge in [-0.25, -0.2) is 4.79 Å². The van der Waals surface area contributed by atoms with Crippen LogP contribution in [0.1, 0.15) is 49.2 Å². The van der Waals surface area contributed by atoms with Gasteiger partial charge in [-0.15, -0.1) is 11.3 Å². The number of thiophene rings is 2. The van der Waals surface area contributed by atoms with E-state index in [0.717, 1.165) is 28.0 Å². The molecule has 0 spiro atoms. The number of carbonyl (C=O) groups is 3. The van der Waals surface area contributed by atoms with E-state index in [0.29, 0.717) is 21.1 Å². The van der Waals surface area contributed by atoms with Crippen molar-refractivity contribution >= 4 is 51.1 Å². The van der Waals surface area contributed by atoms with E-state index in [4.69, 9.17) is 4.74 Å². The standard InChI is InChI=1S/C23H24N2O4S2/c1-5-29-23(28)19-15(4)20(21(27)24-17-7-6-13(2)10-14(17)3)31-22(19)25-18(26)11-16-8-9-30-12-16/h6-10,12H,5,11H2,1-4H3,(H,24,27)(H,25,26). The normalized spacial score (nSPS) is 10.6. The summed E-state index contributed by atoms with van der Waals surface area (Å²) >= 11 is 2.59. The highest BCUT2D eigenvalue weighted by atomic mass is 32.1. The highest BCUT2D eigenvalue weighted by Gasteiger charge is 2.27. The van der Waals surface area contributed by atoms with Crippen LogP contribution in [0.4, 0.5) is 10.7 Å². The smallest absolute Gasteiger partial charge is 0.341 e. The van der Waals surface area contributed by atoms with Gasteiger partial charge < -0.3 is 15.4 Å². The van der Waals surface area contributed by atoms with Gasteiger partial charge in [-0.05, 0) is 67.3 Å². The summed E-state index contributed by atoms with van der Waals surface area (Å²) < 4.78 is 5.17. The van der Waals surface area contributed by atoms with Gasteiger partial charge in [0.1, 0.15) is 5.00 Å². The fourth-order valence-corrected chi connectivity index (χ4v) is 4.92. The third-order valence-electron chi connectivity index (χ3n) is 4.66. The van der Waals surface area contributed by atoms with Gasteiger partial charge in [0.15, 0.2) is 0 Å². The monoisotopic (exact) mass is 456 g/mol. The van der Waals surface area contributed by atoms with Crippen LogP contribution in [0.25, 0.3) is 0 Å². The average Bonchev–Trinajstić information content (AvgIpc) is 3.31. The molecule has 0 saturated carbocycles. The summed E-state index contributed by atoms with van der Waals surface area (Å²) in [5.41, 5.74) is 4.33. The van der Waals surface area contributed by atoms with Gasteiger partial charge in [-0.2, -0.15) is 11.3 Å². The lowest BCUT2D eigenvalue weighted by atomic mass is 10.1. The second-order valence-electron chi connectivity index (χ2n) is 7.11. The highest BCUT2D eigenvalue weighted by molar-refractivity contribution is 7.19. The Balaban J connectivity index is 1.89. The van der Waals surface area contributed by atoms with Gasteiger partial charge >= 0.3 is 5.97 Å². The van der Waals surface area contributed by atoms with Crippen molar-refractivity contribution in [3.8, 4) is 0 Å². The molecule has 31 heavy (non-hydrogen) atoms. The van der Waals surface area contributed by atoms with Gasteiger partial charge in [0, 0.05) is 5.69 Å². The Bertz CT molecular complexity index is 1120.